The van der Waals surface area contributed by atoms with Crippen molar-refractivity contribution in [1.82, 2.24) is 10.6 Å². The minimum absolute atomic E-state index is 0.0334. The van der Waals surface area contributed by atoms with Gasteiger partial charge in [0.05, 0.1) is 11.3 Å². The topological polar surface area (TPSA) is 105 Å². The predicted molar refractivity (Wildman–Crippen MR) is 133 cm³/mol. The molecule has 1 saturated carbocycles. The number of nitrogens with one attached hydrogen (secondary N) is 2. The molecule has 3 N–H and O–H groups in total. The third-order valence-corrected chi connectivity index (χ3v) is 7.90. The lowest BCUT2D eigenvalue weighted by atomic mass is 9.80. The van der Waals surface area contributed by atoms with Crippen LogP contribution >= 0.6 is 0 Å². The molecular weight excluding hydrogens is 444 g/mol. The van der Waals surface area contributed by atoms with Gasteiger partial charge in [-0.2, -0.15) is 0 Å². The summed E-state index contributed by atoms with van der Waals surface area (Å²) in [5.41, 5.74) is 3.79. The molecule has 0 radical (unpaired) electrons. The standard InChI is InChI=1S/C28H34N2O5/c1-3-28(4-2,26(33)30-24-15-9-14-22(24)25(31)32)17-29-27(34)35-16-23-20-12-7-5-10-18(20)19-11-6-8-13-21(19)23/h5-8,10-13,22-24H,3-4,9,14-17H2,1-2H3,(H,29,34)(H,30,33)(H,31,32)/t22-,24+/m1/s1. The molecule has 2 aromatic rings. The van der Waals surface area contributed by atoms with E-state index in [2.05, 4.69) is 34.9 Å². The highest BCUT2D eigenvalue weighted by Crippen LogP contribution is 2.44. The summed E-state index contributed by atoms with van der Waals surface area (Å²) in [6.45, 7) is 4.16. The van der Waals surface area contributed by atoms with Crippen molar-refractivity contribution in [2.24, 2.45) is 11.3 Å². The molecular formula is C28H34N2O5. The van der Waals surface area contributed by atoms with E-state index < -0.39 is 23.4 Å². The lowest BCUT2D eigenvalue weighted by Gasteiger charge is -2.32. The second kappa shape index (κ2) is 10.5. The zero-order chi connectivity index (χ0) is 25.0. The normalized spacial score (nSPS) is 19.0. The number of benzene rings is 2. The van der Waals surface area contributed by atoms with Gasteiger partial charge >= 0.3 is 12.1 Å². The Morgan fingerprint density at radius 3 is 2.14 bits per heavy atom. The van der Waals surface area contributed by atoms with Crippen LogP contribution in [0.5, 0.6) is 0 Å². The average Bonchev–Trinajstić information content (AvgIpc) is 3.46. The second-order valence-electron chi connectivity index (χ2n) is 9.62. The van der Waals surface area contributed by atoms with E-state index in [1.54, 1.807) is 0 Å². The van der Waals surface area contributed by atoms with Gasteiger partial charge in [-0.15, -0.1) is 0 Å². The summed E-state index contributed by atoms with van der Waals surface area (Å²) < 4.78 is 5.63. The first-order valence-corrected chi connectivity index (χ1v) is 12.5. The molecule has 1 fully saturated rings. The van der Waals surface area contributed by atoms with Gasteiger partial charge in [-0.1, -0.05) is 68.8 Å². The van der Waals surface area contributed by atoms with Crippen molar-refractivity contribution in [2.75, 3.05) is 13.2 Å². The number of amides is 2. The van der Waals surface area contributed by atoms with E-state index in [0.717, 1.165) is 28.7 Å². The van der Waals surface area contributed by atoms with Gasteiger partial charge in [0.25, 0.3) is 0 Å². The van der Waals surface area contributed by atoms with Crippen LogP contribution in [0, 0.1) is 11.3 Å². The Hall–Kier alpha value is -3.35. The SMILES string of the molecule is CCC(CC)(CNC(=O)OCC1c2ccccc2-c2ccccc21)C(=O)N[C@H]1CCC[C@H]1C(=O)O. The third kappa shape index (κ3) is 4.90. The molecule has 0 saturated heterocycles. The van der Waals surface area contributed by atoms with Crippen LogP contribution in [-0.4, -0.2) is 42.3 Å². The Morgan fingerprint density at radius 1 is 0.971 bits per heavy atom. The van der Waals surface area contributed by atoms with E-state index in [1.807, 2.05) is 38.1 Å². The number of hydrogen-bond donors (Lipinski definition) is 3. The van der Waals surface area contributed by atoms with Crippen LogP contribution in [0.2, 0.25) is 0 Å². The summed E-state index contributed by atoms with van der Waals surface area (Å²) in [6, 6.07) is 15.9. The van der Waals surface area contributed by atoms with E-state index in [-0.39, 0.29) is 31.0 Å². The summed E-state index contributed by atoms with van der Waals surface area (Å²) in [5.74, 6) is -1.67. The third-order valence-electron chi connectivity index (χ3n) is 7.90. The van der Waals surface area contributed by atoms with Crippen molar-refractivity contribution in [3.05, 3.63) is 59.7 Å². The molecule has 4 rings (SSSR count). The van der Waals surface area contributed by atoms with E-state index >= 15 is 0 Å². The van der Waals surface area contributed by atoms with Gasteiger partial charge in [-0.25, -0.2) is 4.79 Å². The number of rotatable bonds is 9. The molecule has 7 heteroatoms. The van der Waals surface area contributed by atoms with Crippen LogP contribution in [0.25, 0.3) is 11.1 Å². The minimum Gasteiger partial charge on any atom is -0.481 e. The predicted octanol–water partition coefficient (Wildman–Crippen LogP) is 4.70. The van der Waals surface area contributed by atoms with Crippen molar-refractivity contribution < 1.29 is 24.2 Å². The Bertz CT molecular complexity index is 1050. The highest BCUT2D eigenvalue weighted by molar-refractivity contribution is 5.85. The van der Waals surface area contributed by atoms with Crippen LogP contribution in [-0.2, 0) is 14.3 Å². The fourth-order valence-corrected chi connectivity index (χ4v) is 5.54. The summed E-state index contributed by atoms with van der Waals surface area (Å²) >= 11 is 0. The van der Waals surface area contributed by atoms with Crippen LogP contribution in [0.15, 0.2) is 48.5 Å². The molecule has 0 bridgehead atoms. The number of carboxylic acid groups (broad SMARTS) is 1. The van der Waals surface area contributed by atoms with Crippen molar-refractivity contribution >= 4 is 18.0 Å². The second-order valence-corrected chi connectivity index (χ2v) is 9.62. The highest BCUT2D eigenvalue weighted by Gasteiger charge is 2.40. The van der Waals surface area contributed by atoms with Gasteiger partial charge < -0.3 is 20.5 Å². The Morgan fingerprint density at radius 2 is 1.57 bits per heavy atom. The van der Waals surface area contributed by atoms with Crippen molar-refractivity contribution in [2.45, 2.75) is 57.9 Å². The molecule has 2 aliphatic rings. The zero-order valence-corrected chi connectivity index (χ0v) is 20.4. The lowest BCUT2D eigenvalue weighted by molar-refractivity contribution is -0.142. The van der Waals surface area contributed by atoms with Crippen LogP contribution in [0.1, 0.15) is 63.0 Å². The first-order chi connectivity index (χ1) is 16.9. The number of ether oxygens (including phenoxy) is 1. The number of carbonyl (C=O) groups excluding carboxylic acids is 2. The number of aliphatic carboxylic acids is 1. The molecule has 0 unspecified atom stereocenters. The monoisotopic (exact) mass is 478 g/mol. The molecule has 186 valence electrons. The molecule has 2 amide bonds. The molecule has 2 atom stereocenters. The average molecular weight is 479 g/mol. The van der Waals surface area contributed by atoms with Gasteiger partial charge in [-0.05, 0) is 47.9 Å². The first kappa shape index (κ1) is 24.8. The molecule has 0 aliphatic heterocycles. The van der Waals surface area contributed by atoms with Gasteiger partial charge in [0.1, 0.15) is 6.61 Å². The quantitative estimate of drug-likeness (QED) is 0.485. The fraction of sp³-hybridized carbons (Fsp3) is 0.464. The van der Waals surface area contributed by atoms with Crippen LogP contribution in [0.4, 0.5) is 4.79 Å². The van der Waals surface area contributed by atoms with E-state index in [4.69, 9.17) is 4.74 Å². The Balaban J connectivity index is 1.37. The highest BCUT2D eigenvalue weighted by atomic mass is 16.5. The molecule has 0 spiro atoms. The lowest BCUT2D eigenvalue weighted by Crippen LogP contribution is -2.52. The number of alkyl carbamates (subject to hydrolysis) is 1. The largest absolute Gasteiger partial charge is 0.481 e. The summed E-state index contributed by atoms with van der Waals surface area (Å²) in [7, 11) is 0. The molecule has 0 heterocycles. The molecule has 2 aromatic carbocycles. The van der Waals surface area contributed by atoms with E-state index in [9.17, 15) is 19.5 Å². The van der Waals surface area contributed by atoms with Gasteiger partial charge in [-0.3, -0.25) is 9.59 Å². The molecule has 7 nitrogen and oxygen atoms in total. The minimum atomic E-state index is -0.872. The zero-order valence-electron chi connectivity index (χ0n) is 20.4. The molecule has 35 heavy (non-hydrogen) atoms. The van der Waals surface area contributed by atoms with E-state index in [1.165, 1.54) is 0 Å². The van der Waals surface area contributed by atoms with Gasteiger partial charge in [0.15, 0.2) is 0 Å². The number of hydrogen-bond acceptors (Lipinski definition) is 4. The van der Waals surface area contributed by atoms with E-state index in [0.29, 0.717) is 25.7 Å². The van der Waals surface area contributed by atoms with Crippen molar-refractivity contribution in [3.63, 3.8) is 0 Å². The number of carbonyl (C=O) groups is 3. The molecule has 2 aliphatic carbocycles. The summed E-state index contributed by atoms with van der Waals surface area (Å²) in [6.07, 6.45) is 2.49. The van der Waals surface area contributed by atoms with Crippen LogP contribution in [0.3, 0.4) is 0 Å². The van der Waals surface area contributed by atoms with Crippen molar-refractivity contribution in [3.8, 4) is 11.1 Å². The smallest absolute Gasteiger partial charge is 0.407 e. The maximum atomic E-state index is 13.2. The maximum absolute atomic E-state index is 13.2. The number of carboxylic acids is 1. The van der Waals surface area contributed by atoms with Crippen molar-refractivity contribution in [1.29, 1.82) is 0 Å². The number of fused-ring (bicyclic) bond motifs is 3. The first-order valence-electron chi connectivity index (χ1n) is 12.5. The molecule has 0 aromatic heterocycles. The van der Waals surface area contributed by atoms with Crippen LogP contribution < -0.4 is 10.6 Å². The summed E-state index contributed by atoms with van der Waals surface area (Å²) in [5, 5.41) is 15.2. The van der Waals surface area contributed by atoms with Gasteiger partial charge in [0.2, 0.25) is 5.91 Å². The Kier molecular flexibility index (Phi) is 7.43. The van der Waals surface area contributed by atoms with Gasteiger partial charge in [0, 0.05) is 18.5 Å². The fourth-order valence-electron chi connectivity index (χ4n) is 5.54. The maximum Gasteiger partial charge on any atom is 0.407 e. The summed E-state index contributed by atoms with van der Waals surface area (Å²) in [4.78, 5) is 37.4. The Labute approximate surface area is 206 Å².